The molecule has 1 amide bonds. The topological polar surface area (TPSA) is 57.6 Å². The van der Waals surface area contributed by atoms with Crippen LogP contribution in [0.2, 0.25) is 0 Å². The zero-order valence-corrected chi connectivity index (χ0v) is 13.5. The summed E-state index contributed by atoms with van der Waals surface area (Å²) in [7, 11) is 0. The summed E-state index contributed by atoms with van der Waals surface area (Å²) >= 11 is 0. The van der Waals surface area contributed by atoms with Crippen molar-refractivity contribution in [1.29, 1.82) is 0 Å². The molecule has 124 valence electrons. The van der Waals surface area contributed by atoms with Gasteiger partial charge in [-0.3, -0.25) is 9.59 Å². The van der Waals surface area contributed by atoms with Crippen LogP contribution in [0.5, 0.6) is 0 Å². The maximum atomic E-state index is 12.9. The second-order valence-corrected chi connectivity index (χ2v) is 7.53. The average Bonchev–Trinajstić information content (AvgIpc) is 3.04. The van der Waals surface area contributed by atoms with Gasteiger partial charge in [0.25, 0.3) is 0 Å². The second-order valence-electron chi connectivity index (χ2n) is 7.53. The lowest BCUT2D eigenvalue weighted by Crippen LogP contribution is -2.44. The van der Waals surface area contributed by atoms with Crippen molar-refractivity contribution in [1.82, 2.24) is 4.90 Å². The molecule has 1 N–H and O–H groups in total. The van der Waals surface area contributed by atoms with Gasteiger partial charge in [-0.25, -0.2) is 0 Å². The lowest BCUT2D eigenvalue weighted by molar-refractivity contribution is -0.146. The van der Waals surface area contributed by atoms with Gasteiger partial charge in [0.05, 0.1) is 5.92 Å². The highest BCUT2D eigenvalue weighted by Crippen LogP contribution is 2.37. The van der Waals surface area contributed by atoms with Crippen LogP contribution in [0.1, 0.15) is 70.6 Å². The van der Waals surface area contributed by atoms with Crippen LogP contribution in [0.4, 0.5) is 0 Å². The molecule has 1 heterocycles. The summed E-state index contributed by atoms with van der Waals surface area (Å²) in [4.78, 5) is 26.1. The summed E-state index contributed by atoms with van der Waals surface area (Å²) < 4.78 is 0. The van der Waals surface area contributed by atoms with E-state index in [1.807, 2.05) is 0 Å². The molecule has 3 rings (SSSR count). The number of hydrogen-bond donors (Lipinski definition) is 1. The highest BCUT2D eigenvalue weighted by Gasteiger charge is 2.39. The Kier molecular flexibility index (Phi) is 5.04. The van der Waals surface area contributed by atoms with Crippen LogP contribution >= 0.6 is 0 Å². The third-order valence-corrected chi connectivity index (χ3v) is 6.20. The van der Waals surface area contributed by atoms with E-state index in [1.165, 1.54) is 38.5 Å². The third kappa shape index (κ3) is 3.31. The van der Waals surface area contributed by atoms with E-state index in [0.717, 1.165) is 31.7 Å². The molecular formula is C18H29NO3. The summed E-state index contributed by atoms with van der Waals surface area (Å²) in [5.41, 5.74) is 0. The average molecular weight is 307 g/mol. The lowest BCUT2D eigenvalue weighted by atomic mass is 9.80. The van der Waals surface area contributed by atoms with Crippen molar-refractivity contribution < 1.29 is 14.7 Å². The molecule has 2 aliphatic carbocycles. The number of carbonyl (C=O) groups excluding carboxylic acids is 1. The first-order valence-electron chi connectivity index (χ1n) is 9.20. The van der Waals surface area contributed by atoms with E-state index >= 15 is 0 Å². The normalized spacial score (nSPS) is 33.8. The number of rotatable bonds is 3. The van der Waals surface area contributed by atoms with Crippen molar-refractivity contribution in [3.8, 4) is 0 Å². The number of amides is 1. The van der Waals surface area contributed by atoms with E-state index in [0.29, 0.717) is 24.8 Å². The first kappa shape index (κ1) is 15.8. The quantitative estimate of drug-likeness (QED) is 0.869. The van der Waals surface area contributed by atoms with E-state index in [4.69, 9.17) is 5.11 Å². The standard InChI is InChI=1S/C18H29NO3/c20-17(14-8-10-15(11-9-14)18(21)22)19-12-4-7-16(19)13-5-2-1-3-6-13/h13-16H,1-12H2,(H,21,22). The fourth-order valence-electron chi connectivity index (χ4n) is 4.90. The van der Waals surface area contributed by atoms with Gasteiger partial charge in [0.2, 0.25) is 5.91 Å². The first-order chi connectivity index (χ1) is 10.7. The molecule has 0 aromatic heterocycles. The van der Waals surface area contributed by atoms with Crippen LogP contribution in [0, 0.1) is 17.8 Å². The summed E-state index contributed by atoms with van der Waals surface area (Å²) in [5, 5.41) is 9.09. The molecule has 0 radical (unpaired) electrons. The molecule has 1 atom stereocenters. The van der Waals surface area contributed by atoms with Crippen molar-refractivity contribution in [2.45, 2.75) is 76.7 Å². The first-order valence-corrected chi connectivity index (χ1v) is 9.20. The van der Waals surface area contributed by atoms with E-state index < -0.39 is 5.97 Å². The van der Waals surface area contributed by atoms with Crippen LogP contribution in [-0.2, 0) is 9.59 Å². The highest BCUT2D eigenvalue weighted by molar-refractivity contribution is 5.80. The van der Waals surface area contributed by atoms with Gasteiger partial charge >= 0.3 is 5.97 Å². The van der Waals surface area contributed by atoms with Crippen LogP contribution in [-0.4, -0.2) is 34.5 Å². The van der Waals surface area contributed by atoms with Crippen LogP contribution < -0.4 is 0 Å². The minimum atomic E-state index is -0.688. The molecule has 1 saturated heterocycles. The monoisotopic (exact) mass is 307 g/mol. The van der Waals surface area contributed by atoms with Crippen molar-refractivity contribution in [2.24, 2.45) is 17.8 Å². The number of carboxylic acid groups (broad SMARTS) is 1. The van der Waals surface area contributed by atoms with Gasteiger partial charge in [-0.15, -0.1) is 0 Å². The van der Waals surface area contributed by atoms with Crippen molar-refractivity contribution in [3.63, 3.8) is 0 Å². The zero-order chi connectivity index (χ0) is 15.5. The summed E-state index contributed by atoms with van der Waals surface area (Å²) in [5.74, 6) is 0.219. The largest absolute Gasteiger partial charge is 0.481 e. The van der Waals surface area contributed by atoms with Crippen LogP contribution in [0.15, 0.2) is 0 Å². The Balaban J connectivity index is 1.58. The van der Waals surface area contributed by atoms with Crippen molar-refractivity contribution in [2.75, 3.05) is 6.54 Å². The van der Waals surface area contributed by atoms with Gasteiger partial charge in [-0.2, -0.15) is 0 Å². The van der Waals surface area contributed by atoms with Gasteiger partial charge in [0.15, 0.2) is 0 Å². The molecule has 1 unspecified atom stereocenters. The smallest absolute Gasteiger partial charge is 0.306 e. The molecule has 0 bridgehead atoms. The number of hydrogen-bond acceptors (Lipinski definition) is 2. The van der Waals surface area contributed by atoms with Crippen molar-refractivity contribution in [3.05, 3.63) is 0 Å². The molecule has 0 aromatic carbocycles. The Morgan fingerprint density at radius 2 is 1.41 bits per heavy atom. The maximum Gasteiger partial charge on any atom is 0.306 e. The molecule has 2 saturated carbocycles. The molecule has 1 aliphatic heterocycles. The molecule has 4 heteroatoms. The fourth-order valence-corrected chi connectivity index (χ4v) is 4.90. The summed E-state index contributed by atoms with van der Waals surface area (Å²) in [6.45, 7) is 0.929. The van der Waals surface area contributed by atoms with Gasteiger partial charge in [0.1, 0.15) is 0 Å². The molecule has 22 heavy (non-hydrogen) atoms. The Bertz CT molecular complexity index is 409. The van der Waals surface area contributed by atoms with Gasteiger partial charge < -0.3 is 10.0 Å². The molecule has 0 spiro atoms. The zero-order valence-electron chi connectivity index (χ0n) is 13.5. The van der Waals surface area contributed by atoms with Crippen LogP contribution in [0.3, 0.4) is 0 Å². The lowest BCUT2D eigenvalue weighted by Gasteiger charge is -2.37. The van der Waals surface area contributed by atoms with Crippen LogP contribution in [0.25, 0.3) is 0 Å². The number of aliphatic carboxylic acids is 1. The number of likely N-dealkylation sites (tertiary alicyclic amines) is 1. The molecule has 3 aliphatic rings. The molecule has 4 nitrogen and oxygen atoms in total. The number of carboxylic acids is 1. The Labute approximate surface area is 133 Å². The molecular weight excluding hydrogens is 278 g/mol. The number of nitrogens with zero attached hydrogens (tertiary/aromatic N) is 1. The van der Waals surface area contributed by atoms with Crippen molar-refractivity contribution >= 4 is 11.9 Å². The minimum absolute atomic E-state index is 0.0831. The Morgan fingerprint density at radius 1 is 0.773 bits per heavy atom. The summed E-state index contributed by atoms with van der Waals surface area (Å²) in [6.07, 6.45) is 11.8. The highest BCUT2D eigenvalue weighted by atomic mass is 16.4. The Morgan fingerprint density at radius 3 is 2.05 bits per heavy atom. The van der Waals surface area contributed by atoms with E-state index in [1.54, 1.807) is 0 Å². The summed E-state index contributed by atoms with van der Waals surface area (Å²) in [6, 6.07) is 0.477. The maximum absolute atomic E-state index is 12.9. The molecule has 3 fully saturated rings. The predicted octanol–water partition coefficient (Wildman–Crippen LogP) is 3.45. The SMILES string of the molecule is O=C(O)C1CCC(C(=O)N2CCCC2C2CCCCC2)CC1. The van der Waals surface area contributed by atoms with Gasteiger partial charge in [-0.05, 0) is 57.3 Å². The van der Waals surface area contributed by atoms with E-state index in [-0.39, 0.29) is 11.8 Å². The number of carbonyl (C=O) groups is 2. The predicted molar refractivity (Wildman–Crippen MR) is 84.4 cm³/mol. The third-order valence-electron chi connectivity index (χ3n) is 6.20. The van der Waals surface area contributed by atoms with Gasteiger partial charge in [-0.1, -0.05) is 19.3 Å². The second kappa shape index (κ2) is 7.01. The van der Waals surface area contributed by atoms with E-state index in [2.05, 4.69) is 4.90 Å². The van der Waals surface area contributed by atoms with E-state index in [9.17, 15) is 9.59 Å². The molecule has 0 aromatic rings. The van der Waals surface area contributed by atoms with Gasteiger partial charge in [0, 0.05) is 18.5 Å². The fraction of sp³-hybridized carbons (Fsp3) is 0.889. The Hall–Kier alpha value is -1.06. The minimum Gasteiger partial charge on any atom is -0.481 e.